The van der Waals surface area contributed by atoms with Crippen LogP contribution < -0.4 is 0 Å². The predicted octanol–water partition coefficient (Wildman–Crippen LogP) is 4.90. The molecule has 1 nitrogen and oxygen atoms in total. The average molecular weight is 252 g/mol. The minimum Gasteiger partial charge on any atom is -0.381 e. The highest BCUT2D eigenvalue weighted by atomic mass is 16.5. The van der Waals surface area contributed by atoms with Crippen molar-refractivity contribution in [3.63, 3.8) is 0 Å². The van der Waals surface area contributed by atoms with Crippen LogP contribution in [0.25, 0.3) is 0 Å². The van der Waals surface area contributed by atoms with Crippen LogP contribution >= 0.6 is 0 Å². The van der Waals surface area contributed by atoms with E-state index in [9.17, 15) is 0 Å². The molecule has 1 saturated heterocycles. The Balaban J connectivity index is 0.000000267. The minimum absolute atomic E-state index is 0.833. The molecule has 2 aliphatic carbocycles. The molecule has 0 radical (unpaired) electrons. The van der Waals surface area contributed by atoms with Crippen LogP contribution in [0.1, 0.15) is 65.7 Å². The molecule has 2 bridgehead atoms. The molecular weight excluding hydrogens is 220 g/mol. The molecule has 2 saturated carbocycles. The summed E-state index contributed by atoms with van der Waals surface area (Å²) in [4.78, 5) is 0. The molecule has 0 aromatic rings. The maximum atomic E-state index is 5.43. The Labute approximate surface area is 114 Å². The van der Waals surface area contributed by atoms with Crippen molar-refractivity contribution in [3.8, 4) is 0 Å². The van der Waals surface area contributed by atoms with E-state index in [0.29, 0.717) is 0 Å². The molecule has 3 fully saturated rings. The van der Waals surface area contributed by atoms with E-state index in [4.69, 9.17) is 4.74 Å². The fourth-order valence-corrected chi connectivity index (χ4v) is 3.99. The summed E-state index contributed by atoms with van der Waals surface area (Å²) in [5.74, 6) is 5.11. The molecule has 4 atom stereocenters. The Morgan fingerprint density at radius 1 is 1.00 bits per heavy atom. The Kier molecular flexibility index (Phi) is 5.54. The summed E-state index contributed by atoms with van der Waals surface area (Å²) in [6.45, 7) is 8.59. The fourth-order valence-electron chi connectivity index (χ4n) is 3.99. The lowest BCUT2D eigenvalue weighted by Crippen LogP contribution is -2.12. The van der Waals surface area contributed by atoms with Gasteiger partial charge in [0.15, 0.2) is 0 Å². The molecule has 1 heterocycles. The molecule has 0 aromatic heterocycles. The highest BCUT2D eigenvalue weighted by Crippen LogP contribution is 2.50. The van der Waals surface area contributed by atoms with Gasteiger partial charge in [-0.1, -0.05) is 27.2 Å². The zero-order valence-corrected chi connectivity index (χ0v) is 12.7. The van der Waals surface area contributed by atoms with Gasteiger partial charge in [-0.15, -0.1) is 0 Å². The van der Waals surface area contributed by atoms with Crippen LogP contribution in [0.3, 0.4) is 0 Å². The van der Waals surface area contributed by atoms with Crippen LogP contribution in [0.15, 0.2) is 0 Å². The van der Waals surface area contributed by atoms with E-state index >= 15 is 0 Å². The van der Waals surface area contributed by atoms with Crippen LogP contribution in [0, 0.1) is 29.6 Å². The number of rotatable bonds is 3. The molecule has 0 aromatic carbocycles. The summed E-state index contributed by atoms with van der Waals surface area (Å²) >= 11 is 0. The lowest BCUT2D eigenvalue weighted by atomic mass is 9.83. The summed E-state index contributed by atoms with van der Waals surface area (Å²) in [5.41, 5.74) is 0. The Hall–Kier alpha value is -0.0400. The third-order valence-corrected chi connectivity index (χ3v) is 4.85. The molecule has 18 heavy (non-hydrogen) atoms. The lowest BCUT2D eigenvalue weighted by molar-refractivity contribution is 0.180. The first kappa shape index (κ1) is 14.4. The van der Waals surface area contributed by atoms with E-state index in [1.54, 1.807) is 25.7 Å². The van der Waals surface area contributed by atoms with Crippen molar-refractivity contribution in [3.05, 3.63) is 0 Å². The second-order valence-electron chi connectivity index (χ2n) is 7.47. The molecule has 4 unspecified atom stereocenters. The van der Waals surface area contributed by atoms with E-state index in [0.717, 1.165) is 42.8 Å². The van der Waals surface area contributed by atoms with Crippen LogP contribution in [0.5, 0.6) is 0 Å². The largest absolute Gasteiger partial charge is 0.381 e. The quantitative estimate of drug-likeness (QED) is 0.694. The van der Waals surface area contributed by atoms with Crippen molar-refractivity contribution in [2.45, 2.75) is 65.7 Å². The second kappa shape index (κ2) is 6.93. The Morgan fingerprint density at radius 2 is 1.78 bits per heavy atom. The van der Waals surface area contributed by atoms with Gasteiger partial charge in [0.05, 0.1) is 0 Å². The van der Waals surface area contributed by atoms with Gasteiger partial charge >= 0.3 is 0 Å². The summed E-state index contributed by atoms with van der Waals surface area (Å²) in [6.07, 6.45) is 10.5. The molecule has 0 spiro atoms. The number of ether oxygens (including phenoxy) is 1. The number of fused-ring (bicyclic) bond motifs is 2. The predicted molar refractivity (Wildman–Crippen MR) is 77.6 cm³/mol. The normalized spacial score (nSPS) is 38.0. The van der Waals surface area contributed by atoms with Gasteiger partial charge in [0.25, 0.3) is 0 Å². The topological polar surface area (TPSA) is 9.23 Å². The van der Waals surface area contributed by atoms with Crippen molar-refractivity contribution >= 4 is 0 Å². The molecule has 0 N–H and O–H groups in total. The number of hydrogen-bond donors (Lipinski definition) is 0. The monoisotopic (exact) mass is 252 g/mol. The zero-order chi connectivity index (χ0) is 13.0. The van der Waals surface area contributed by atoms with Crippen LogP contribution in [-0.4, -0.2) is 13.2 Å². The molecule has 0 amide bonds. The average Bonchev–Trinajstić information content (AvgIpc) is 3.03. The molecule has 3 rings (SSSR count). The Bertz CT molecular complexity index is 227. The molecule has 1 aliphatic heterocycles. The van der Waals surface area contributed by atoms with Crippen LogP contribution in [0.4, 0.5) is 0 Å². The first-order valence-electron chi connectivity index (χ1n) is 8.23. The van der Waals surface area contributed by atoms with Crippen LogP contribution in [0.2, 0.25) is 0 Å². The van der Waals surface area contributed by atoms with Gasteiger partial charge in [-0.05, 0) is 68.1 Å². The zero-order valence-electron chi connectivity index (χ0n) is 12.7. The van der Waals surface area contributed by atoms with Gasteiger partial charge in [0, 0.05) is 13.2 Å². The SMILES string of the molecule is C1CC(CCC2CC3CCC2C3)CO1.CC(C)C. The smallest absolute Gasteiger partial charge is 0.0495 e. The van der Waals surface area contributed by atoms with Crippen molar-refractivity contribution < 1.29 is 4.74 Å². The maximum absolute atomic E-state index is 5.43. The molecule has 106 valence electrons. The second-order valence-corrected chi connectivity index (χ2v) is 7.47. The van der Waals surface area contributed by atoms with E-state index in [1.165, 1.54) is 19.3 Å². The van der Waals surface area contributed by atoms with Crippen molar-refractivity contribution in [1.82, 2.24) is 0 Å². The summed E-state index contributed by atoms with van der Waals surface area (Å²) in [7, 11) is 0. The van der Waals surface area contributed by atoms with Crippen molar-refractivity contribution in [1.29, 1.82) is 0 Å². The van der Waals surface area contributed by atoms with Gasteiger partial charge < -0.3 is 4.74 Å². The molecular formula is C17H32O. The first-order chi connectivity index (χ1) is 8.65. The van der Waals surface area contributed by atoms with Gasteiger partial charge in [0.1, 0.15) is 0 Å². The highest BCUT2D eigenvalue weighted by molar-refractivity contribution is 4.90. The van der Waals surface area contributed by atoms with Crippen molar-refractivity contribution in [2.24, 2.45) is 29.6 Å². The third-order valence-electron chi connectivity index (χ3n) is 4.85. The van der Waals surface area contributed by atoms with Gasteiger partial charge in [-0.25, -0.2) is 0 Å². The lowest BCUT2D eigenvalue weighted by Gasteiger charge is -2.22. The van der Waals surface area contributed by atoms with Gasteiger partial charge in [-0.3, -0.25) is 0 Å². The third kappa shape index (κ3) is 4.26. The Morgan fingerprint density at radius 3 is 2.28 bits per heavy atom. The summed E-state index contributed by atoms with van der Waals surface area (Å²) in [5, 5.41) is 0. The molecule has 1 heteroatoms. The van der Waals surface area contributed by atoms with Gasteiger partial charge in [-0.2, -0.15) is 0 Å². The highest BCUT2D eigenvalue weighted by Gasteiger charge is 2.39. The van der Waals surface area contributed by atoms with Gasteiger partial charge in [0.2, 0.25) is 0 Å². The van der Waals surface area contributed by atoms with E-state index in [2.05, 4.69) is 20.8 Å². The maximum Gasteiger partial charge on any atom is 0.0495 e. The molecule has 3 aliphatic rings. The minimum atomic E-state index is 0.833. The van der Waals surface area contributed by atoms with Crippen LogP contribution in [-0.2, 0) is 4.74 Å². The van der Waals surface area contributed by atoms with E-state index in [1.807, 2.05) is 0 Å². The number of hydrogen-bond acceptors (Lipinski definition) is 1. The standard InChI is InChI=1S/C13H22O.C4H10/c1(10-5-6-14-9-10)3-12-7-11-2-4-13(12)8-11;1-4(2)3/h10-13H,1-9H2;4H,1-3H3. The van der Waals surface area contributed by atoms with Crippen molar-refractivity contribution in [2.75, 3.05) is 13.2 Å². The summed E-state index contributed by atoms with van der Waals surface area (Å²) < 4.78 is 5.43. The first-order valence-corrected chi connectivity index (χ1v) is 8.23. The van der Waals surface area contributed by atoms with E-state index in [-0.39, 0.29) is 0 Å². The summed E-state index contributed by atoms with van der Waals surface area (Å²) in [6, 6.07) is 0. The van der Waals surface area contributed by atoms with E-state index < -0.39 is 0 Å². The fraction of sp³-hybridized carbons (Fsp3) is 1.00.